The van der Waals surface area contributed by atoms with Gasteiger partial charge in [0.2, 0.25) is 0 Å². The molecule has 0 bridgehead atoms. The Morgan fingerprint density at radius 3 is 1.68 bits per heavy atom. The van der Waals surface area contributed by atoms with E-state index in [4.69, 9.17) is 11.5 Å². The molecule has 0 radical (unpaired) electrons. The van der Waals surface area contributed by atoms with Crippen LogP contribution in [0.15, 0.2) is 60.0 Å². The molecule has 22 heavy (non-hydrogen) atoms. The predicted octanol–water partition coefficient (Wildman–Crippen LogP) is 4.14. The molecular weight excluding hydrogens is 483 g/mol. The summed E-state index contributed by atoms with van der Waals surface area (Å²) in [5.74, 6) is -0.419. The van der Waals surface area contributed by atoms with E-state index in [0.29, 0.717) is 10.0 Å². The van der Waals surface area contributed by atoms with E-state index >= 15 is 0 Å². The van der Waals surface area contributed by atoms with Crippen molar-refractivity contribution in [1.82, 2.24) is 0 Å². The lowest BCUT2D eigenvalue weighted by atomic mass is 10.2. The zero-order chi connectivity index (χ0) is 16.3. The highest BCUT2D eigenvalue weighted by molar-refractivity contribution is 9.11. The maximum atomic E-state index is 13.8. The quantitative estimate of drug-likeness (QED) is 0.384. The molecule has 8 heteroatoms. The van der Waals surface area contributed by atoms with Gasteiger partial charge in [-0.3, -0.25) is 0 Å². The van der Waals surface area contributed by atoms with E-state index in [0.717, 1.165) is 8.95 Å². The van der Waals surface area contributed by atoms with Gasteiger partial charge in [-0.1, -0.05) is 12.1 Å². The second kappa shape index (κ2) is 7.34. The highest BCUT2D eigenvalue weighted by Crippen LogP contribution is 2.25. The first-order chi connectivity index (χ1) is 10.4. The number of benzene rings is 2. The van der Waals surface area contributed by atoms with Crippen molar-refractivity contribution in [1.29, 1.82) is 0 Å². The molecule has 4 N–H and O–H groups in total. The summed E-state index contributed by atoms with van der Waals surface area (Å²) in [6.07, 6.45) is 0. The highest BCUT2D eigenvalue weighted by Gasteiger charge is 2.12. The lowest BCUT2D eigenvalue weighted by molar-refractivity contribution is 0.624. The summed E-state index contributed by atoms with van der Waals surface area (Å²) >= 11 is 10.00. The Balaban J connectivity index is 2.41. The van der Waals surface area contributed by atoms with E-state index in [1.807, 2.05) is 18.2 Å². The molecule has 0 amide bonds. The average molecular weight is 493 g/mol. The van der Waals surface area contributed by atoms with E-state index in [1.165, 1.54) is 6.07 Å². The maximum Gasteiger partial charge on any atom is 0.157 e. The van der Waals surface area contributed by atoms with Gasteiger partial charge in [0.15, 0.2) is 11.7 Å². The maximum absolute atomic E-state index is 13.8. The third kappa shape index (κ3) is 3.74. The minimum absolute atomic E-state index is 0.0731. The Labute approximate surface area is 151 Å². The molecule has 4 nitrogen and oxygen atoms in total. The van der Waals surface area contributed by atoms with Crippen LogP contribution in [0.5, 0.6) is 0 Å². The standard InChI is InChI=1S/C14H10Br3FN4/c15-7-3-1-4-8(16)11(7)13(19)21-22-14(20)12-9(17)5-2-6-10(12)18/h1-6H,(H2,19,21)(H2,20,22). The van der Waals surface area contributed by atoms with Crippen molar-refractivity contribution < 1.29 is 4.39 Å². The van der Waals surface area contributed by atoms with E-state index in [2.05, 4.69) is 58.0 Å². The summed E-state index contributed by atoms with van der Waals surface area (Å²) < 4.78 is 15.8. The Morgan fingerprint density at radius 1 is 0.773 bits per heavy atom. The Bertz CT molecular complexity index is 669. The van der Waals surface area contributed by atoms with E-state index in [1.54, 1.807) is 12.1 Å². The number of hydrogen-bond acceptors (Lipinski definition) is 2. The van der Waals surface area contributed by atoms with Crippen molar-refractivity contribution >= 4 is 59.5 Å². The van der Waals surface area contributed by atoms with Gasteiger partial charge in [0, 0.05) is 19.0 Å². The molecule has 2 aromatic carbocycles. The first kappa shape index (κ1) is 17.1. The zero-order valence-electron chi connectivity index (χ0n) is 11.0. The molecule has 2 aromatic rings. The number of rotatable bonds is 3. The molecule has 0 aliphatic carbocycles. The van der Waals surface area contributed by atoms with Crippen molar-refractivity contribution in [2.24, 2.45) is 21.7 Å². The van der Waals surface area contributed by atoms with Crippen molar-refractivity contribution in [3.05, 3.63) is 66.8 Å². The van der Waals surface area contributed by atoms with Crippen molar-refractivity contribution in [3.8, 4) is 0 Å². The van der Waals surface area contributed by atoms with Gasteiger partial charge in [0.05, 0.1) is 5.56 Å². The second-order valence-electron chi connectivity index (χ2n) is 4.16. The predicted molar refractivity (Wildman–Crippen MR) is 97.4 cm³/mol. The molecule has 0 fully saturated rings. The molecule has 0 saturated heterocycles. The molecule has 0 saturated carbocycles. The SMILES string of the molecule is N/C(=N\N=C(/N)c1c(Br)cccc1Br)c1c(F)cccc1Br. The molecule has 114 valence electrons. The lowest BCUT2D eigenvalue weighted by Gasteiger charge is -2.06. The third-order valence-corrected chi connectivity index (χ3v) is 4.69. The fourth-order valence-electron chi connectivity index (χ4n) is 1.69. The fourth-order valence-corrected chi connectivity index (χ4v) is 3.64. The minimum atomic E-state index is -0.494. The van der Waals surface area contributed by atoms with Gasteiger partial charge < -0.3 is 11.5 Å². The molecule has 0 aliphatic rings. The third-order valence-electron chi connectivity index (χ3n) is 2.70. The molecule has 0 heterocycles. The van der Waals surface area contributed by atoms with Gasteiger partial charge in [0.25, 0.3) is 0 Å². The van der Waals surface area contributed by atoms with Crippen molar-refractivity contribution in [3.63, 3.8) is 0 Å². The molecule has 0 aromatic heterocycles. The molecule has 0 spiro atoms. The number of nitrogens with zero attached hydrogens (tertiary/aromatic N) is 2. The fraction of sp³-hybridized carbons (Fsp3) is 0. The van der Waals surface area contributed by atoms with Gasteiger partial charge in [-0.05, 0) is 72.1 Å². The van der Waals surface area contributed by atoms with E-state index in [-0.39, 0.29) is 17.2 Å². The number of hydrogen-bond donors (Lipinski definition) is 2. The minimum Gasteiger partial charge on any atom is -0.382 e. The summed E-state index contributed by atoms with van der Waals surface area (Å²) in [7, 11) is 0. The molecule has 0 atom stereocenters. The van der Waals surface area contributed by atoms with Crippen LogP contribution in [0.4, 0.5) is 4.39 Å². The highest BCUT2D eigenvalue weighted by atomic mass is 79.9. The number of nitrogens with two attached hydrogens (primary N) is 2. The van der Waals surface area contributed by atoms with Crippen LogP contribution in [0.1, 0.15) is 11.1 Å². The van der Waals surface area contributed by atoms with Crippen LogP contribution in [-0.2, 0) is 0 Å². The van der Waals surface area contributed by atoms with Crippen LogP contribution >= 0.6 is 47.8 Å². The lowest BCUT2D eigenvalue weighted by Crippen LogP contribution is -2.18. The second-order valence-corrected chi connectivity index (χ2v) is 6.73. The van der Waals surface area contributed by atoms with Crippen LogP contribution in [-0.4, -0.2) is 11.7 Å². The Hall–Kier alpha value is -1.25. The molecule has 2 rings (SSSR count). The van der Waals surface area contributed by atoms with Gasteiger partial charge >= 0.3 is 0 Å². The number of amidine groups is 2. The van der Waals surface area contributed by atoms with Gasteiger partial charge in [0.1, 0.15) is 5.82 Å². The largest absolute Gasteiger partial charge is 0.382 e. The zero-order valence-corrected chi connectivity index (χ0v) is 15.8. The number of halogens is 4. The van der Waals surface area contributed by atoms with Crippen LogP contribution in [0.2, 0.25) is 0 Å². The van der Waals surface area contributed by atoms with Gasteiger partial charge in [-0.25, -0.2) is 4.39 Å². The van der Waals surface area contributed by atoms with E-state index in [9.17, 15) is 4.39 Å². The van der Waals surface area contributed by atoms with Crippen molar-refractivity contribution in [2.75, 3.05) is 0 Å². The van der Waals surface area contributed by atoms with Crippen LogP contribution in [0.25, 0.3) is 0 Å². The monoisotopic (exact) mass is 490 g/mol. The molecule has 0 aliphatic heterocycles. The summed E-state index contributed by atoms with van der Waals surface area (Å²) in [6, 6.07) is 10.0. The van der Waals surface area contributed by atoms with Crippen LogP contribution in [0, 0.1) is 5.82 Å². The van der Waals surface area contributed by atoms with Crippen molar-refractivity contribution in [2.45, 2.75) is 0 Å². The summed E-state index contributed by atoms with van der Waals surface area (Å²) in [5.41, 5.74) is 12.5. The first-order valence-electron chi connectivity index (χ1n) is 5.97. The summed E-state index contributed by atoms with van der Waals surface area (Å²) in [5, 5.41) is 7.70. The summed E-state index contributed by atoms with van der Waals surface area (Å²) in [4.78, 5) is 0. The molecular formula is C14H10Br3FN4. The summed E-state index contributed by atoms with van der Waals surface area (Å²) in [6.45, 7) is 0. The Morgan fingerprint density at radius 2 is 1.18 bits per heavy atom. The average Bonchev–Trinajstić information content (AvgIpc) is 2.44. The van der Waals surface area contributed by atoms with E-state index < -0.39 is 5.82 Å². The van der Waals surface area contributed by atoms with Gasteiger partial charge in [-0.15, -0.1) is 10.2 Å². The topological polar surface area (TPSA) is 76.8 Å². The molecule has 0 unspecified atom stereocenters. The van der Waals surface area contributed by atoms with Gasteiger partial charge in [-0.2, -0.15) is 0 Å². The smallest absolute Gasteiger partial charge is 0.157 e. The van der Waals surface area contributed by atoms with Crippen LogP contribution < -0.4 is 11.5 Å². The Kier molecular flexibility index (Phi) is 5.71. The normalized spacial score (nSPS) is 12.5. The van der Waals surface area contributed by atoms with Crippen LogP contribution in [0.3, 0.4) is 0 Å². The first-order valence-corrected chi connectivity index (χ1v) is 8.35.